The van der Waals surface area contributed by atoms with E-state index in [9.17, 15) is 9.90 Å². The Balaban J connectivity index is 1.80. The van der Waals surface area contributed by atoms with Crippen molar-refractivity contribution >= 4 is 11.6 Å². The number of carbonyl (C=O) groups excluding carboxylic acids is 1. The first kappa shape index (κ1) is 15.1. The summed E-state index contributed by atoms with van der Waals surface area (Å²) in [5, 5.41) is 15.6. The van der Waals surface area contributed by atoms with Gasteiger partial charge in [0.2, 0.25) is 5.91 Å². The molecule has 0 bridgehead atoms. The molecule has 112 valence electrons. The molecule has 0 fully saturated rings. The average molecular weight is 288 g/mol. The number of benzene rings is 1. The third-order valence-corrected chi connectivity index (χ3v) is 3.27. The van der Waals surface area contributed by atoms with Gasteiger partial charge in [-0.3, -0.25) is 4.79 Å². The van der Waals surface area contributed by atoms with Crippen LogP contribution in [0.1, 0.15) is 23.0 Å². The summed E-state index contributed by atoms with van der Waals surface area (Å²) in [7, 11) is 0. The van der Waals surface area contributed by atoms with Gasteiger partial charge in [-0.15, -0.1) is 0 Å². The number of aliphatic hydroxyl groups excluding tert-OH is 1. The molecule has 0 saturated carbocycles. The lowest BCUT2D eigenvalue weighted by atomic mass is 10.1. The van der Waals surface area contributed by atoms with Crippen molar-refractivity contribution in [1.82, 2.24) is 5.32 Å². The lowest BCUT2D eigenvalue weighted by molar-refractivity contribution is -0.119. The van der Waals surface area contributed by atoms with Crippen LogP contribution in [-0.2, 0) is 4.79 Å². The first-order valence-corrected chi connectivity index (χ1v) is 6.86. The van der Waals surface area contributed by atoms with Crippen molar-refractivity contribution < 1.29 is 14.3 Å². The molecule has 0 saturated heterocycles. The van der Waals surface area contributed by atoms with E-state index in [2.05, 4.69) is 10.6 Å². The monoisotopic (exact) mass is 288 g/mol. The van der Waals surface area contributed by atoms with Gasteiger partial charge in [-0.05, 0) is 37.1 Å². The number of nitrogens with one attached hydrogen (secondary N) is 2. The lowest BCUT2D eigenvalue weighted by Crippen LogP contribution is -2.33. The summed E-state index contributed by atoms with van der Waals surface area (Å²) in [5.41, 5.74) is 3.16. The second-order valence-corrected chi connectivity index (χ2v) is 4.96. The fourth-order valence-electron chi connectivity index (χ4n) is 2.12. The first-order valence-electron chi connectivity index (χ1n) is 6.86. The van der Waals surface area contributed by atoms with E-state index in [0.29, 0.717) is 5.76 Å². The van der Waals surface area contributed by atoms with Crippen LogP contribution in [0.2, 0.25) is 0 Å². The van der Waals surface area contributed by atoms with E-state index < -0.39 is 6.10 Å². The summed E-state index contributed by atoms with van der Waals surface area (Å²) in [6, 6.07) is 9.34. The summed E-state index contributed by atoms with van der Waals surface area (Å²) in [4.78, 5) is 11.8. The Morgan fingerprint density at radius 1 is 1.24 bits per heavy atom. The number of furan rings is 1. The van der Waals surface area contributed by atoms with E-state index in [1.54, 1.807) is 12.1 Å². The third kappa shape index (κ3) is 4.10. The minimum absolute atomic E-state index is 0.126. The Hall–Kier alpha value is -2.27. The molecule has 0 aliphatic rings. The van der Waals surface area contributed by atoms with Crippen LogP contribution in [0.25, 0.3) is 0 Å². The maximum atomic E-state index is 11.8. The molecule has 1 atom stereocenters. The number of hydrogen-bond acceptors (Lipinski definition) is 4. The molecule has 5 nitrogen and oxygen atoms in total. The standard InChI is InChI=1S/C16H20N2O3/c1-11-5-3-6-12(2)16(11)18-10-15(20)17-9-13(19)14-7-4-8-21-14/h3-8,13,18-19H,9-10H2,1-2H3,(H,17,20)/t13-/m1/s1. The largest absolute Gasteiger partial charge is 0.467 e. The van der Waals surface area contributed by atoms with Crippen molar-refractivity contribution in [2.24, 2.45) is 0 Å². The van der Waals surface area contributed by atoms with E-state index in [4.69, 9.17) is 4.42 Å². The van der Waals surface area contributed by atoms with E-state index in [1.807, 2.05) is 32.0 Å². The zero-order valence-electron chi connectivity index (χ0n) is 12.2. The molecule has 0 aliphatic carbocycles. The Bertz CT molecular complexity index is 573. The van der Waals surface area contributed by atoms with Gasteiger partial charge in [0.05, 0.1) is 19.4 Å². The van der Waals surface area contributed by atoms with Crippen LogP contribution in [0.15, 0.2) is 41.0 Å². The predicted molar refractivity (Wildman–Crippen MR) is 81.1 cm³/mol. The van der Waals surface area contributed by atoms with Gasteiger partial charge in [-0.25, -0.2) is 0 Å². The third-order valence-electron chi connectivity index (χ3n) is 3.27. The van der Waals surface area contributed by atoms with Gasteiger partial charge in [0.15, 0.2) is 0 Å². The van der Waals surface area contributed by atoms with Gasteiger partial charge in [-0.1, -0.05) is 18.2 Å². The number of anilines is 1. The van der Waals surface area contributed by atoms with Crippen molar-refractivity contribution in [1.29, 1.82) is 0 Å². The topological polar surface area (TPSA) is 74.5 Å². The van der Waals surface area contributed by atoms with Gasteiger partial charge in [0.1, 0.15) is 11.9 Å². The zero-order chi connectivity index (χ0) is 15.2. The number of para-hydroxylation sites is 1. The maximum Gasteiger partial charge on any atom is 0.239 e. The Morgan fingerprint density at radius 2 is 1.95 bits per heavy atom. The minimum Gasteiger partial charge on any atom is -0.467 e. The highest BCUT2D eigenvalue weighted by atomic mass is 16.4. The molecule has 5 heteroatoms. The summed E-state index contributed by atoms with van der Waals surface area (Å²) >= 11 is 0. The van der Waals surface area contributed by atoms with Gasteiger partial charge in [-0.2, -0.15) is 0 Å². The molecule has 3 N–H and O–H groups in total. The fraction of sp³-hybridized carbons (Fsp3) is 0.312. The average Bonchev–Trinajstić information content (AvgIpc) is 2.98. The molecule has 0 unspecified atom stereocenters. The van der Waals surface area contributed by atoms with Crippen LogP contribution in [0.4, 0.5) is 5.69 Å². The highest BCUT2D eigenvalue weighted by Crippen LogP contribution is 2.18. The second kappa shape index (κ2) is 6.95. The summed E-state index contributed by atoms with van der Waals surface area (Å²) in [5.74, 6) is 0.265. The van der Waals surface area contributed by atoms with Crippen LogP contribution in [0, 0.1) is 13.8 Å². The molecule has 2 aromatic rings. The highest BCUT2D eigenvalue weighted by Gasteiger charge is 2.12. The minimum atomic E-state index is -0.829. The Kier molecular flexibility index (Phi) is 5.00. The van der Waals surface area contributed by atoms with Crippen LogP contribution in [0.5, 0.6) is 0 Å². The second-order valence-electron chi connectivity index (χ2n) is 4.96. The molecule has 1 heterocycles. The summed E-state index contributed by atoms with van der Waals surface area (Å²) < 4.78 is 5.07. The van der Waals surface area contributed by atoms with Gasteiger partial charge in [0, 0.05) is 5.69 Å². The number of amides is 1. The summed E-state index contributed by atoms with van der Waals surface area (Å²) in [6.45, 7) is 4.28. The van der Waals surface area contributed by atoms with Crippen LogP contribution < -0.4 is 10.6 Å². The Labute approximate surface area is 124 Å². The van der Waals surface area contributed by atoms with E-state index in [-0.39, 0.29) is 19.0 Å². The number of rotatable bonds is 6. The number of carbonyl (C=O) groups is 1. The number of aryl methyl sites for hydroxylation is 2. The molecule has 0 radical (unpaired) electrons. The van der Waals surface area contributed by atoms with Crippen molar-refractivity contribution in [3.8, 4) is 0 Å². The van der Waals surface area contributed by atoms with Crippen molar-refractivity contribution in [2.45, 2.75) is 20.0 Å². The molecular weight excluding hydrogens is 268 g/mol. The molecular formula is C16H20N2O3. The molecule has 2 rings (SSSR count). The van der Waals surface area contributed by atoms with Crippen LogP contribution >= 0.6 is 0 Å². The van der Waals surface area contributed by atoms with Gasteiger partial charge >= 0.3 is 0 Å². The number of aliphatic hydroxyl groups is 1. The number of hydrogen-bond donors (Lipinski definition) is 3. The Morgan fingerprint density at radius 3 is 2.57 bits per heavy atom. The molecule has 1 aromatic heterocycles. The zero-order valence-corrected chi connectivity index (χ0v) is 12.2. The van der Waals surface area contributed by atoms with E-state index >= 15 is 0 Å². The fourth-order valence-corrected chi connectivity index (χ4v) is 2.12. The SMILES string of the molecule is Cc1cccc(C)c1NCC(=O)NC[C@@H](O)c1ccco1. The van der Waals surface area contributed by atoms with Gasteiger partial charge in [0.25, 0.3) is 0 Å². The van der Waals surface area contributed by atoms with Crippen LogP contribution in [0.3, 0.4) is 0 Å². The van der Waals surface area contributed by atoms with Crippen molar-refractivity contribution in [2.75, 3.05) is 18.4 Å². The molecule has 0 spiro atoms. The molecule has 0 aliphatic heterocycles. The van der Waals surface area contributed by atoms with E-state index in [0.717, 1.165) is 16.8 Å². The van der Waals surface area contributed by atoms with E-state index in [1.165, 1.54) is 6.26 Å². The van der Waals surface area contributed by atoms with Crippen LogP contribution in [-0.4, -0.2) is 24.1 Å². The summed E-state index contributed by atoms with van der Waals surface area (Å²) in [6.07, 6.45) is 0.659. The van der Waals surface area contributed by atoms with Gasteiger partial charge < -0.3 is 20.2 Å². The van der Waals surface area contributed by atoms with Crippen molar-refractivity contribution in [3.05, 3.63) is 53.5 Å². The lowest BCUT2D eigenvalue weighted by Gasteiger charge is -2.13. The first-order chi connectivity index (χ1) is 10.1. The smallest absolute Gasteiger partial charge is 0.239 e. The molecule has 1 aromatic carbocycles. The highest BCUT2D eigenvalue weighted by molar-refractivity contribution is 5.81. The maximum absolute atomic E-state index is 11.8. The van der Waals surface area contributed by atoms with Crippen molar-refractivity contribution in [3.63, 3.8) is 0 Å². The predicted octanol–water partition coefficient (Wildman–Crippen LogP) is 2.16. The molecule has 1 amide bonds. The quantitative estimate of drug-likeness (QED) is 0.761. The molecule has 21 heavy (non-hydrogen) atoms. The normalized spacial score (nSPS) is 12.0.